The Morgan fingerprint density at radius 2 is 1.45 bits per heavy atom. The lowest BCUT2D eigenvalue weighted by molar-refractivity contribution is 0.0874. The Kier molecular flexibility index (Phi) is 7.50. The van der Waals surface area contributed by atoms with E-state index in [1.807, 2.05) is 42.5 Å². The third-order valence-corrected chi connectivity index (χ3v) is 10.7. The Bertz CT molecular complexity index is 1860. The summed E-state index contributed by atoms with van der Waals surface area (Å²) >= 11 is 3.64. The molecule has 0 aromatic heterocycles. The zero-order chi connectivity index (χ0) is 30.3. The van der Waals surface area contributed by atoms with Crippen LogP contribution in [-0.2, 0) is 10.8 Å². The van der Waals surface area contributed by atoms with E-state index in [1.165, 1.54) is 60.8 Å². The first-order valence-electron chi connectivity index (χ1n) is 15.7. The van der Waals surface area contributed by atoms with Crippen molar-refractivity contribution in [3.05, 3.63) is 142 Å². The average Bonchev–Trinajstić information content (AvgIpc) is 3.04. The summed E-state index contributed by atoms with van der Waals surface area (Å²) in [5, 5.41) is 10.8. The smallest absolute Gasteiger partial charge is 0.154 e. The largest absolute Gasteiger partial charge is 0.383 e. The first-order valence-corrected chi connectivity index (χ1v) is 16.5. The maximum absolute atomic E-state index is 8.52. The van der Waals surface area contributed by atoms with Gasteiger partial charge >= 0.3 is 0 Å². The molecule has 3 N–H and O–H groups in total. The SMILES string of the molecule is CC1(c2ccc(-c3ccc4cc(C(=N)/N=C(\N)c5ccccc5)ccc4c3)cc2)CC2CCCC(c3ccc(Br)cc3)(C2)C1. The first-order chi connectivity index (χ1) is 21.3. The van der Waals surface area contributed by atoms with Crippen LogP contribution in [0.3, 0.4) is 0 Å². The van der Waals surface area contributed by atoms with Crippen LogP contribution in [0.4, 0.5) is 0 Å². The van der Waals surface area contributed by atoms with Crippen LogP contribution in [0.1, 0.15) is 67.7 Å². The van der Waals surface area contributed by atoms with Gasteiger partial charge in [-0.15, -0.1) is 0 Å². The number of hydrogen-bond donors (Lipinski definition) is 2. The standard InChI is InChI=1S/C40H38BrN3/c1-39(24-27-6-5-21-40(25-27,26-39)35-17-19-36(41)20-18-35)34-15-13-28(14-16-34)30-9-10-32-23-33(12-11-31(32)22-30)38(43)44-37(42)29-7-3-2-4-8-29/h2-4,7-20,22-23,27H,5-6,21,24-26H2,1H3,(H3,42,43,44). The van der Waals surface area contributed by atoms with Crippen LogP contribution in [0.25, 0.3) is 21.9 Å². The number of amidine groups is 2. The molecular weight excluding hydrogens is 602 g/mol. The van der Waals surface area contributed by atoms with Gasteiger partial charge in [-0.2, -0.15) is 0 Å². The second kappa shape index (κ2) is 11.5. The highest BCUT2D eigenvalue weighted by atomic mass is 79.9. The summed E-state index contributed by atoms with van der Waals surface area (Å²) in [4.78, 5) is 4.36. The number of halogens is 1. The van der Waals surface area contributed by atoms with Crippen LogP contribution in [0.2, 0.25) is 0 Å². The Labute approximate surface area is 268 Å². The van der Waals surface area contributed by atoms with E-state index in [9.17, 15) is 0 Å². The van der Waals surface area contributed by atoms with Gasteiger partial charge in [0, 0.05) is 15.6 Å². The number of benzene rings is 5. The van der Waals surface area contributed by atoms with Crippen molar-refractivity contribution in [3.63, 3.8) is 0 Å². The summed E-state index contributed by atoms with van der Waals surface area (Å²) in [7, 11) is 0. The number of aliphatic imine (C=N–C) groups is 1. The van der Waals surface area contributed by atoms with Crippen molar-refractivity contribution in [1.29, 1.82) is 5.41 Å². The number of nitrogens with zero attached hydrogens (tertiary/aromatic N) is 1. The molecule has 0 spiro atoms. The van der Waals surface area contributed by atoms with E-state index in [4.69, 9.17) is 11.1 Å². The highest BCUT2D eigenvalue weighted by molar-refractivity contribution is 9.10. The second-order valence-electron chi connectivity index (χ2n) is 13.3. The molecule has 0 aliphatic heterocycles. The Morgan fingerprint density at radius 1 is 0.773 bits per heavy atom. The van der Waals surface area contributed by atoms with E-state index < -0.39 is 0 Å². The quantitative estimate of drug-likeness (QED) is 0.146. The van der Waals surface area contributed by atoms with E-state index in [0.29, 0.717) is 5.84 Å². The summed E-state index contributed by atoms with van der Waals surface area (Å²) in [5.41, 5.74) is 13.6. The highest BCUT2D eigenvalue weighted by Crippen LogP contribution is 2.57. The van der Waals surface area contributed by atoms with Gasteiger partial charge in [0.25, 0.3) is 0 Å². The molecule has 5 aromatic carbocycles. The van der Waals surface area contributed by atoms with Gasteiger partial charge in [-0.05, 0) is 99.7 Å². The molecule has 4 heteroatoms. The van der Waals surface area contributed by atoms with Gasteiger partial charge < -0.3 is 5.73 Å². The number of rotatable bonds is 5. The minimum atomic E-state index is 0.162. The zero-order valence-electron chi connectivity index (χ0n) is 25.2. The van der Waals surface area contributed by atoms with Crippen molar-refractivity contribution in [2.24, 2.45) is 16.6 Å². The summed E-state index contributed by atoms with van der Waals surface area (Å²) in [5.74, 6) is 1.30. The normalized spacial score (nSPS) is 23.4. The van der Waals surface area contributed by atoms with Gasteiger partial charge in [0.05, 0.1) is 0 Å². The molecule has 2 fully saturated rings. The molecule has 0 radical (unpaired) electrons. The predicted molar refractivity (Wildman–Crippen MR) is 188 cm³/mol. The van der Waals surface area contributed by atoms with E-state index in [0.717, 1.165) is 32.3 Å². The van der Waals surface area contributed by atoms with Crippen molar-refractivity contribution >= 4 is 38.4 Å². The molecule has 2 aliphatic carbocycles. The summed E-state index contributed by atoms with van der Waals surface area (Å²) in [6.07, 6.45) is 7.81. The maximum Gasteiger partial charge on any atom is 0.154 e. The van der Waals surface area contributed by atoms with Crippen molar-refractivity contribution in [2.45, 2.75) is 56.3 Å². The molecular formula is C40H38BrN3. The molecule has 0 saturated heterocycles. The lowest BCUT2D eigenvalue weighted by Gasteiger charge is -2.53. The molecule has 3 atom stereocenters. The zero-order valence-corrected chi connectivity index (χ0v) is 26.8. The molecule has 2 bridgehead atoms. The van der Waals surface area contributed by atoms with Crippen molar-refractivity contribution < 1.29 is 0 Å². The van der Waals surface area contributed by atoms with Crippen LogP contribution >= 0.6 is 15.9 Å². The molecule has 3 unspecified atom stereocenters. The Morgan fingerprint density at radius 3 is 2.23 bits per heavy atom. The maximum atomic E-state index is 8.52. The van der Waals surface area contributed by atoms with Crippen LogP contribution in [0.5, 0.6) is 0 Å². The van der Waals surface area contributed by atoms with E-state index in [-0.39, 0.29) is 16.7 Å². The van der Waals surface area contributed by atoms with Crippen molar-refractivity contribution in [1.82, 2.24) is 0 Å². The van der Waals surface area contributed by atoms with Crippen molar-refractivity contribution in [2.75, 3.05) is 0 Å². The molecule has 44 heavy (non-hydrogen) atoms. The fourth-order valence-electron chi connectivity index (χ4n) is 8.16. The van der Waals surface area contributed by atoms with Gasteiger partial charge in [-0.3, -0.25) is 5.41 Å². The molecule has 220 valence electrons. The molecule has 7 rings (SSSR count). The fraction of sp³-hybridized carbons (Fsp3) is 0.250. The predicted octanol–water partition coefficient (Wildman–Crippen LogP) is 10.2. The van der Waals surface area contributed by atoms with Crippen LogP contribution in [0, 0.1) is 11.3 Å². The minimum Gasteiger partial charge on any atom is -0.383 e. The monoisotopic (exact) mass is 639 g/mol. The lowest BCUT2D eigenvalue weighted by atomic mass is 9.51. The fourth-order valence-corrected chi connectivity index (χ4v) is 8.42. The van der Waals surface area contributed by atoms with Gasteiger partial charge in [0.2, 0.25) is 0 Å². The average molecular weight is 641 g/mol. The highest BCUT2D eigenvalue weighted by Gasteiger charge is 2.49. The Balaban J connectivity index is 1.12. The van der Waals surface area contributed by atoms with E-state index >= 15 is 0 Å². The van der Waals surface area contributed by atoms with Crippen LogP contribution < -0.4 is 5.73 Å². The van der Waals surface area contributed by atoms with Crippen LogP contribution in [0.15, 0.2) is 125 Å². The first kappa shape index (κ1) is 28.7. The van der Waals surface area contributed by atoms with Crippen molar-refractivity contribution in [3.8, 4) is 11.1 Å². The van der Waals surface area contributed by atoms with Gasteiger partial charge in [0.1, 0.15) is 5.84 Å². The molecule has 2 saturated carbocycles. The molecule has 0 amide bonds. The molecule has 3 nitrogen and oxygen atoms in total. The van der Waals surface area contributed by atoms with Gasteiger partial charge in [-0.25, -0.2) is 4.99 Å². The van der Waals surface area contributed by atoms with E-state index in [2.05, 4.69) is 101 Å². The number of fused-ring (bicyclic) bond motifs is 3. The van der Waals surface area contributed by atoms with Gasteiger partial charge in [-0.1, -0.05) is 127 Å². The van der Waals surface area contributed by atoms with Gasteiger partial charge in [0.15, 0.2) is 5.84 Å². The summed E-state index contributed by atoms with van der Waals surface area (Å²) in [6, 6.07) is 40.8. The molecule has 0 heterocycles. The lowest BCUT2D eigenvalue weighted by Crippen LogP contribution is -2.46. The topological polar surface area (TPSA) is 62.2 Å². The van der Waals surface area contributed by atoms with Crippen LogP contribution in [-0.4, -0.2) is 11.7 Å². The summed E-state index contributed by atoms with van der Waals surface area (Å²) < 4.78 is 1.16. The van der Waals surface area contributed by atoms with E-state index in [1.54, 1.807) is 0 Å². The molecule has 5 aromatic rings. The Hall–Kier alpha value is -4.02. The third-order valence-electron chi connectivity index (χ3n) is 10.2. The number of hydrogen-bond acceptors (Lipinski definition) is 1. The minimum absolute atomic E-state index is 0.162. The second-order valence-corrected chi connectivity index (χ2v) is 14.2. The third kappa shape index (κ3) is 5.52. The molecule has 2 aliphatic rings. The number of nitrogens with one attached hydrogen (secondary N) is 1. The number of nitrogens with two attached hydrogens (primary N) is 1. The summed E-state index contributed by atoms with van der Waals surface area (Å²) in [6.45, 7) is 2.51.